The summed E-state index contributed by atoms with van der Waals surface area (Å²) in [6, 6.07) is 0. The van der Waals surface area contributed by atoms with Crippen LogP contribution < -0.4 is 0 Å². The van der Waals surface area contributed by atoms with Gasteiger partial charge in [-0.3, -0.25) is 4.79 Å². The van der Waals surface area contributed by atoms with Crippen molar-refractivity contribution in [2.45, 2.75) is 135 Å². The Morgan fingerprint density at radius 2 is 1.10 bits per heavy atom. The van der Waals surface area contributed by atoms with E-state index in [0.29, 0.717) is 0 Å². The molecule has 0 aliphatic rings. The summed E-state index contributed by atoms with van der Waals surface area (Å²) >= 11 is 0. The predicted octanol–water partition coefficient (Wildman–Crippen LogP) is 5.11. The van der Waals surface area contributed by atoms with Crippen LogP contribution in [0.25, 0.3) is 0 Å². The van der Waals surface area contributed by atoms with Crippen LogP contribution in [0.2, 0.25) is 0 Å². The Labute approximate surface area is 207 Å². The summed E-state index contributed by atoms with van der Waals surface area (Å²) < 4.78 is 4.98. The van der Waals surface area contributed by atoms with Crippen molar-refractivity contribution in [1.29, 1.82) is 0 Å². The Morgan fingerprint density at radius 1 is 0.767 bits per heavy atom. The minimum atomic E-state index is -2.27. The van der Waals surface area contributed by atoms with Crippen molar-refractivity contribution >= 4 is 41.3 Å². The first kappa shape index (κ1) is 32.2. The van der Waals surface area contributed by atoms with Crippen molar-refractivity contribution in [1.82, 2.24) is 0 Å². The predicted molar refractivity (Wildman–Crippen MR) is 124 cm³/mol. The fraction of sp³-hybridized carbons (Fsp3) is 0.917. The molecule has 0 saturated heterocycles. The largest absolute Gasteiger partial charge is 0.463 e. The maximum atomic E-state index is 11.8. The Morgan fingerprint density at radius 3 is 1.43 bits per heavy atom. The quantitative estimate of drug-likeness (QED) is 0.120. The molecule has 0 fully saturated rings. The Hall–Kier alpha value is 0.0600. The number of carbonyl (C=O) groups excluding carboxylic acids is 2. The van der Waals surface area contributed by atoms with Crippen LogP contribution in [0.1, 0.15) is 124 Å². The molecular weight excluding hydrogens is 391 g/mol. The van der Waals surface area contributed by atoms with Crippen molar-refractivity contribution in [3.05, 3.63) is 0 Å². The Bertz CT molecular complexity index is 424. The summed E-state index contributed by atoms with van der Waals surface area (Å²) in [5, 5.41) is 19.1. The molecule has 2 atom stereocenters. The number of hydrogen-bond acceptors (Lipinski definition) is 5. The molecule has 0 aromatic rings. The number of ether oxygens (including phenoxy) is 1. The molecule has 6 heteroatoms. The third-order valence-corrected chi connectivity index (χ3v) is 5.49. The van der Waals surface area contributed by atoms with E-state index in [-0.39, 0.29) is 36.2 Å². The maximum absolute atomic E-state index is 11.8. The van der Waals surface area contributed by atoms with E-state index in [4.69, 9.17) is 4.74 Å². The SMILES string of the molecule is CCCCCCCCCCCCCCCCCCOC(=O)C(C)(O)C(=O)C(C)O.[Na]. The van der Waals surface area contributed by atoms with Crippen LogP contribution in [0, 0.1) is 0 Å². The third kappa shape index (κ3) is 16.7. The van der Waals surface area contributed by atoms with E-state index in [0.717, 1.165) is 26.2 Å². The summed E-state index contributed by atoms with van der Waals surface area (Å²) in [6.07, 6.45) is 19.0. The average Bonchev–Trinajstić information content (AvgIpc) is 2.69. The number of aliphatic hydroxyl groups is 2. The zero-order valence-electron chi connectivity index (χ0n) is 20.2. The molecule has 5 nitrogen and oxygen atoms in total. The average molecular weight is 438 g/mol. The van der Waals surface area contributed by atoms with Crippen molar-refractivity contribution in [2.75, 3.05) is 6.61 Å². The second-order valence-electron chi connectivity index (χ2n) is 8.55. The van der Waals surface area contributed by atoms with Crippen molar-refractivity contribution in [2.24, 2.45) is 0 Å². The van der Waals surface area contributed by atoms with Gasteiger partial charge in [-0.15, -0.1) is 0 Å². The molecule has 0 saturated carbocycles. The van der Waals surface area contributed by atoms with Gasteiger partial charge in [-0.1, -0.05) is 103 Å². The van der Waals surface area contributed by atoms with Gasteiger partial charge in [0.15, 0.2) is 0 Å². The number of rotatable bonds is 20. The van der Waals surface area contributed by atoms with E-state index < -0.39 is 23.5 Å². The van der Waals surface area contributed by atoms with E-state index in [1.807, 2.05) is 0 Å². The van der Waals surface area contributed by atoms with Crippen LogP contribution in [0.4, 0.5) is 0 Å². The zero-order valence-corrected chi connectivity index (χ0v) is 22.2. The first-order valence-corrected chi connectivity index (χ1v) is 12.0. The standard InChI is InChI=1S/C24H46O5.Na/c1-4-5-6-7-8-9-10-11-12-13-14-15-16-17-18-19-20-29-23(27)24(3,28)22(26)21(2)25;/h21,25,28H,4-20H2,1-3H3;. The number of ketones is 1. The van der Waals surface area contributed by atoms with Gasteiger partial charge in [0.1, 0.15) is 6.10 Å². The molecule has 0 aliphatic carbocycles. The van der Waals surface area contributed by atoms with Crippen molar-refractivity contribution < 1.29 is 24.5 Å². The van der Waals surface area contributed by atoms with Crippen molar-refractivity contribution in [3.63, 3.8) is 0 Å². The van der Waals surface area contributed by atoms with E-state index in [2.05, 4.69) is 6.92 Å². The molecule has 0 aliphatic heterocycles. The van der Waals surface area contributed by atoms with E-state index in [9.17, 15) is 19.8 Å². The van der Waals surface area contributed by atoms with E-state index >= 15 is 0 Å². The van der Waals surface area contributed by atoms with Gasteiger partial charge in [0.05, 0.1) is 6.61 Å². The Kier molecular flexibility index (Phi) is 22.5. The fourth-order valence-corrected chi connectivity index (χ4v) is 3.46. The second kappa shape index (κ2) is 20.9. The normalized spacial score (nSPS) is 13.9. The summed E-state index contributed by atoms with van der Waals surface area (Å²) in [6.45, 7) is 4.74. The van der Waals surface area contributed by atoms with Gasteiger partial charge < -0.3 is 14.9 Å². The van der Waals surface area contributed by atoms with Crippen LogP contribution in [-0.2, 0) is 14.3 Å². The molecule has 1 radical (unpaired) electrons. The first-order chi connectivity index (χ1) is 13.8. The molecule has 0 heterocycles. The first-order valence-electron chi connectivity index (χ1n) is 12.0. The fourth-order valence-electron chi connectivity index (χ4n) is 3.46. The van der Waals surface area contributed by atoms with Gasteiger partial charge in [0.25, 0.3) is 0 Å². The monoisotopic (exact) mass is 437 g/mol. The van der Waals surface area contributed by atoms with Gasteiger partial charge in [0, 0.05) is 29.6 Å². The molecule has 30 heavy (non-hydrogen) atoms. The van der Waals surface area contributed by atoms with Crippen LogP contribution in [0.3, 0.4) is 0 Å². The number of hydrogen-bond donors (Lipinski definition) is 2. The van der Waals surface area contributed by atoms with Gasteiger partial charge in [-0.05, 0) is 20.3 Å². The van der Waals surface area contributed by atoms with E-state index in [1.165, 1.54) is 90.4 Å². The van der Waals surface area contributed by atoms with Crippen LogP contribution in [-0.4, -0.2) is 69.8 Å². The summed E-state index contributed by atoms with van der Waals surface area (Å²) in [7, 11) is 0. The molecule has 2 unspecified atom stereocenters. The smallest absolute Gasteiger partial charge is 0.345 e. The summed E-state index contributed by atoms with van der Waals surface area (Å²) in [5.41, 5.74) is -2.27. The molecule has 0 spiro atoms. The number of Topliss-reactive ketones (excluding diaryl/α,β-unsaturated/α-hetero) is 1. The van der Waals surface area contributed by atoms with Crippen LogP contribution in [0.15, 0.2) is 0 Å². The molecule has 0 aromatic heterocycles. The van der Waals surface area contributed by atoms with Crippen molar-refractivity contribution in [3.8, 4) is 0 Å². The molecule has 173 valence electrons. The third-order valence-electron chi connectivity index (χ3n) is 5.49. The van der Waals surface area contributed by atoms with Gasteiger partial charge in [-0.25, -0.2) is 4.79 Å². The van der Waals surface area contributed by atoms with Crippen LogP contribution in [0.5, 0.6) is 0 Å². The topological polar surface area (TPSA) is 83.8 Å². The molecular formula is C24H46NaO5. The summed E-state index contributed by atoms with van der Waals surface area (Å²) in [5.74, 6) is -1.92. The zero-order chi connectivity index (χ0) is 22.0. The van der Waals surface area contributed by atoms with Crippen LogP contribution >= 0.6 is 0 Å². The molecule has 0 bridgehead atoms. The van der Waals surface area contributed by atoms with Gasteiger partial charge in [-0.2, -0.15) is 0 Å². The minimum Gasteiger partial charge on any atom is -0.463 e. The molecule has 2 N–H and O–H groups in total. The Balaban J connectivity index is 0. The molecule has 0 rings (SSSR count). The van der Waals surface area contributed by atoms with Gasteiger partial charge in [0.2, 0.25) is 11.4 Å². The second-order valence-corrected chi connectivity index (χ2v) is 8.55. The summed E-state index contributed by atoms with van der Waals surface area (Å²) in [4.78, 5) is 23.4. The van der Waals surface area contributed by atoms with E-state index in [1.54, 1.807) is 0 Å². The number of aliphatic hydroxyl groups excluding tert-OH is 1. The maximum Gasteiger partial charge on any atom is 0.345 e. The van der Waals surface area contributed by atoms with Gasteiger partial charge >= 0.3 is 5.97 Å². The minimum absolute atomic E-state index is 0. The number of esters is 1. The molecule has 0 aromatic carbocycles. The molecule has 0 amide bonds. The number of unbranched alkanes of at least 4 members (excludes halogenated alkanes) is 15. The number of carbonyl (C=O) groups is 2.